The molecule has 5 nitrogen and oxygen atoms in total. The van der Waals surface area contributed by atoms with Gasteiger partial charge in [0.15, 0.2) is 11.5 Å². The number of piperidine rings is 1. The minimum absolute atomic E-state index is 0. The van der Waals surface area contributed by atoms with Gasteiger partial charge in [0.25, 0.3) is 5.91 Å². The van der Waals surface area contributed by atoms with E-state index in [1.807, 2.05) is 24.3 Å². The maximum Gasteiger partial charge on any atom is 0.250 e. The van der Waals surface area contributed by atoms with E-state index in [-0.39, 0.29) is 31.0 Å². The molecule has 6 heteroatoms. The molecule has 2 atom stereocenters. The SMILES string of the molecule is COc1cccc2c1OCC(C(=O)NC1CCCNC1C)=C2.Cl. The number of amides is 1. The summed E-state index contributed by atoms with van der Waals surface area (Å²) in [6.45, 7) is 3.40. The third-order valence-corrected chi connectivity index (χ3v) is 4.30. The average Bonchev–Trinajstić information content (AvgIpc) is 2.55. The second-order valence-electron chi connectivity index (χ2n) is 5.80. The smallest absolute Gasteiger partial charge is 0.250 e. The number of halogens is 1. The molecule has 1 amide bonds. The highest BCUT2D eigenvalue weighted by Gasteiger charge is 2.25. The fourth-order valence-electron chi connectivity index (χ4n) is 2.97. The standard InChI is InChI=1S/C17H22N2O3.ClH/c1-11-14(6-4-8-18-11)19-17(20)13-9-12-5-3-7-15(21-2)16(12)22-10-13;/h3,5,7,9,11,14,18H,4,6,8,10H2,1-2H3,(H,19,20);1H. The Bertz CT molecular complexity index is 604. The van der Waals surface area contributed by atoms with Gasteiger partial charge in [-0.3, -0.25) is 4.79 Å². The Balaban J connectivity index is 0.00000192. The molecule has 126 valence electrons. The maximum absolute atomic E-state index is 12.5. The summed E-state index contributed by atoms with van der Waals surface area (Å²) in [7, 11) is 1.61. The van der Waals surface area contributed by atoms with E-state index in [0.29, 0.717) is 23.1 Å². The van der Waals surface area contributed by atoms with E-state index < -0.39 is 0 Å². The van der Waals surface area contributed by atoms with Crippen molar-refractivity contribution >= 4 is 24.4 Å². The number of para-hydroxylation sites is 1. The molecule has 3 rings (SSSR count). The third kappa shape index (κ3) is 3.79. The van der Waals surface area contributed by atoms with Crippen molar-refractivity contribution in [2.24, 2.45) is 0 Å². The van der Waals surface area contributed by atoms with Gasteiger partial charge in [-0.15, -0.1) is 12.4 Å². The highest BCUT2D eigenvalue weighted by Crippen LogP contribution is 2.35. The average molecular weight is 339 g/mol. The maximum atomic E-state index is 12.5. The van der Waals surface area contributed by atoms with Gasteiger partial charge in [-0.05, 0) is 38.5 Å². The van der Waals surface area contributed by atoms with Gasteiger partial charge in [0.2, 0.25) is 0 Å². The molecule has 0 radical (unpaired) electrons. The number of carbonyl (C=O) groups excluding carboxylic acids is 1. The molecule has 0 aliphatic carbocycles. The normalized spacial score (nSPS) is 22.8. The van der Waals surface area contributed by atoms with Crippen molar-refractivity contribution in [2.45, 2.75) is 31.8 Å². The van der Waals surface area contributed by atoms with Crippen molar-refractivity contribution in [1.82, 2.24) is 10.6 Å². The Morgan fingerprint density at radius 3 is 3.00 bits per heavy atom. The van der Waals surface area contributed by atoms with Gasteiger partial charge < -0.3 is 20.1 Å². The van der Waals surface area contributed by atoms with Crippen LogP contribution in [-0.4, -0.2) is 38.3 Å². The number of rotatable bonds is 3. The molecule has 1 fully saturated rings. The summed E-state index contributed by atoms with van der Waals surface area (Å²) in [6.07, 6.45) is 3.99. The van der Waals surface area contributed by atoms with Crippen LogP contribution >= 0.6 is 12.4 Å². The first-order valence-electron chi connectivity index (χ1n) is 7.73. The Morgan fingerprint density at radius 1 is 1.43 bits per heavy atom. The Labute approximate surface area is 142 Å². The quantitative estimate of drug-likeness (QED) is 0.886. The first-order valence-corrected chi connectivity index (χ1v) is 7.73. The Hall–Kier alpha value is -1.72. The van der Waals surface area contributed by atoms with Crippen molar-refractivity contribution < 1.29 is 14.3 Å². The first-order chi connectivity index (χ1) is 10.7. The zero-order valence-corrected chi connectivity index (χ0v) is 14.2. The number of ether oxygens (including phenoxy) is 2. The summed E-state index contributed by atoms with van der Waals surface area (Å²) in [5.41, 5.74) is 1.53. The topological polar surface area (TPSA) is 59.6 Å². The second-order valence-corrected chi connectivity index (χ2v) is 5.80. The highest BCUT2D eigenvalue weighted by atomic mass is 35.5. The van der Waals surface area contributed by atoms with Crippen molar-refractivity contribution in [3.8, 4) is 11.5 Å². The number of fused-ring (bicyclic) bond motifs is 1. The van der Waals surface area contributed by atoms with E-state index in [2.05, 4.69) is 17.6 Å². The predicted molar refractivity (Wildman–Crippen MR) is 92.3 cm³/mol. The molecule has 0 bridgehead atoms. The minimum atomic E-state index is -0.0472. The van der Waals surface area contributed by atoms with Crippen LogP contribution in [0.5, 0.6) is 11.5 Å². The van der Waals surface area contributed by atoms with Crippen LogP contribution in [0.2, 0.25) is 0 Å². The van der Waals surface area contributed by atoms with Crippen LogP contribution in [-0.2, 0) is 4.79 Å². The van der Waals surface area contributed by atoms with Crippen LogP contribution < -0.4 is 20.1 Å². The van der Waals surface area contributed by atoms with Gasteiger partial charge >= 0.3 is 0 Å². The molecule has 0 aromatic heterocycles. The van der Waals surface area contributed by atoms with Crippen molar-refractivity contribution in [3.63, 3.8) is 0 Å². The van der Waals surface area contributed by atoms with Crippen LogP contribution in [0.1, 0.15) is 25.3 Å². The monoisotopic (exact) mass is 338 g/mol. The lowest BCUT2D eigenvalue weighted by atomic mass is 9.99. The van der Waals surface area contributed by atoms with Crippen LogP contribution in [0, 0.1) is 0 Å². The fourth-order valence-corrected chi connectivity index (χ4v) is 2.97. The number of hydrogen-bond acceptors (Lipinski definition) is 4. The lowest BCUT2D eigenvalue weighted by molar-refractivity contribution is -0.118. The molecular weight excluding hydrogens is 316 g/mol. The second kappa shape index (κ2) is 7.70. The van der Waals surface area contributed by atoms with Crippen molar-refractivity contribution in [3.05, 3.63) is 29.3 Å². The highest BCUT2D eigenvalue weighted by molar-refractivity contribution is 5.99. The van der Waals surface area contributed by atoms with Gasteiger partial charge in [-0.2, -0.15) is 0 Å². The van der Waals surface area contributed by atoms with Crippen LogP contribution in [0.25, 0.3) is 6.08 Å². The zero-order valence-electron chi connectivity index (χ0n) is 13.4. The van der Waals surface area contributed by atoms with E-state index in [4.69, 9.17) is 9.47 Å². The molecule has 2 aliphatic rings. The van der Waals surface area contributed by atoms with Gasteiger partial charge in [0.05, 0.1) is 12.7 Å². The van der Waals surface area contributed by atoms with Gasteiger partial charge in [-0.1, -0.05) is 12.1 Å². The van der Waals surface area contributed by atoms with E-state index in [1.165, 1.54) is 0 Å². The molecule has 2 unspecified atom stereocenters. The van der Waals surface area contributed by atoms with Gasteiger partial charge in [0.1, 0.15) is 6.61 Å². The number of hydrogen-bond donors (Lipinski definition) is 2. The summed E-state index contributed by atoms with van der Waals surface area (Å²) < 4.78 is 11.0. The summed E-state index contributed by atoms with van der Waals surface area (Å²) in [5, 5.41) is 6.51. The molecular formula is C17H23ClN2O3. The molecule has 2 N–H and O–H groups in total. The van der Waals surface area contributed by atoms with E-state index in [9.17, 15) is 4.79 Å². The Morgan fingerprint density at radius 2 is 2.26 bits per heavy atom. The summed E-state index contributed by atoms with van der Waals surface area (Å²) in [6, 6.07) is 6.15. The number of carbonyl (C=O) groups is 1. The molecule has 2 aliphatic heterocycles. The van der Waals surface area contributed by atoms with Crippen LogP contribution in [0.3, 0.4) is 0 Å². The first kappa shape index (κ1) is 17.6. The molecule has 1 saturated heterocycles. The Kier molecular flexibility index (Phi) is 5.91. The number of benzene rings is 1. The number of methoxy groups -OCH3 is 1. The molecule has 1 aromatic carbocycles. The van der Waals surface area contributed by atoms with Crippen molar-refractivity contribution in [1.29, 1.82) is 0 Å². The molecule has 0 spiro atoms. The van der Waals surface area contributed by atoms with E-state index in [0.717, 1.165) is 24.9 Å². The van der Waals surface area contributed by atoms with Crippen LogP contribution in [0.4, 0.5) is 0 Å². The molecule has 23 heavy (non-hydrogen) atoms. The van der Waals surface area contributed by atoms with Crippen LogP contribution in [0.15, 0.2) is 23.8 Å². The zero-order chi connectivity index (χ0) is 15.5. The fraction of sp³-hybridized carbons (Fsp3) is 0.471. The third-order valence-electron chi connectivity index (χ3n) is 4.30. The largest absolute Gasteiger partial charge is 0.493 e. The van der Waals surface area contributed by atoms with E-state index >= 15 is 0 Å². The molecule has 2 heterocycles. The summed E-state index contributed by atoms with van der Waals surface area (Å²) in [5.74, 6) is 1.35. The van der Waals surface area contributed by atoms with Gasteiger partial charge in [0, 0.05) is 17.6 Å². The van der Waals surface area contributed by atoms with Gasteiger partial charge in [-0.25, -0.2) is 0 Å². The lowest BCUT2D eigenvalue weighted by Gasteiger charge is -2.31. The summed E-state index contributed by atoms with van der Waals surface area (Å²) >= 11 is 0. The lowest BCUT2D eigenvalue weighted by Crippen LogP contribution is -2.52. The molecule has 0 saturated carbocycles. The summed E-state index contributed by atoms with van der Waals surface area (Å²) in [4.78, 5) is 12.5. The van der Waals surface area contributed by atoms with Crippen molar-refractivity contribution in [2.75, 3.05) is 20.3 Å². The number of nitrogens with one attached hydrogen (secondary N) is 2. The predicted octanol–water partition coefficient (Wildman–Crippen LogP) is 2.15. The molecule has 1 aromatic rings. The van der Waals surface area contributed by atoms with E-state index in [1.54, 1.807) is 7.11 Å². The minimum Gasteiger partial charge on any atom is -0.493 e.